The van der Waals surface area contributed by atoms with Gasteiger partial charge in [0.2, 0.25) is 0 Å². The number of hydrogen-bond donors (Lipinski definition) is 1. The molecule has 1 atom stereocenters. The van der Waals surface area contributed by atoms with Crippen LogP contribution in [0.15, 0.2) is 45.9 Å². The van der Waals surface area contributed by atoms with E-state index in [1.54, 1.807) is 24.0 Å². The summed E-state index contributed by atoms with van der Waals surface area (Å²) >= 11 is 10.9. The van der Waals surface area contributed by atoms with Gasteiger partial charge in [-0.25, -0.2) is 4.98 Å². The van der Waals surface area contributed by atoms with E-state index in [0.29, 0.717) is 10.0 Å². The van der Waals surface area contributed by atoms with E-state index < -0.39 is 0 Å². The van der Waals surface area contributed by atoms with Gasteiger partial charge in [0.05, 0.1) is 11.6 Å². The Morgan fingerprint density at radius 3 is 2.67 bits per heavy atom. The highest BCUT2D eigenvalue weighted by Gasteiger charge is 2.15. The van der Waals surface area contributed by atoms with Crippen LogP contribution in [0.3, 0.4) is 0 Å². The molecule has 3 nitrogen and oxygen atoms in total. The average Bonchev–Trinajstić information content (AvgIpc) is 2.49. The number of thioether (sulfide) groups is 1. The van der Waals surface area contributed by atoms with Crippen molar-refractivity contribution in [1.29, 1.82) is 0 Å². The van der Waals surface area contributed by atoms with Gasteiger partial charge in [0, 0.05) is 15.6 Å². The van der Waals surface area contributed by atoms with Gasteiger partial charge in [0.15, 0.2) is 0 Å². The number of nitrogens with one attached hydrogen (secondary N) is 1. The first-order chi connectivity index (χ1) is 10.0. The van der Waals surface area contributed by atoms with E-state index in [1.165, 1.54) is 4.90 Å². The first kappa shape index (κ1) is 16.3. The first-order valence-corrected chi connectivity index (χ1v) is 8.66. The van der Waals surface area contributed by atoms with Crippen LogP contribution in [0, 0.1) is 0 Å². The number of amides is 1. The largest absolute Gasteiger partial charge is 0.345 e. The second-order valence-electron chi connectivity index (χ2n) is 4.46. The highest BCUT2D eigenvalue weighted by atomic mass is 79.9. The van der Waals surface area contributed by atoms with Crippen LogP contribution >= 0.6 is 39.3 Å². The Labute approximate surface area is 141 Å². The van der Waals surface area contributed by atoms with Gasteiger partial charge in [-0.2, -0.15) is 0 Å². The van der Waals surface area contributed by atoms with Crippen LogP contribution in [0.5, 0.6) is 0 Å². The van der Waals surface area contributed by atoms with E-state index >= 15 is 0 Å². The lowest BCUT2D eigenvalue weighted by molar-refractivity contribution is 0.0939. The third-order valence-corrected chi connectivity index (χ3v) is 4.49. The molecule has 6 heteroatoms. The molecule has 1 aromatic carbocycles. The van der Waals surface area contributed by atoms with Crippen LogP contribution in [0.2, 0.25) is 5.15 Å². The zero-order chi connectivity index (χ0) is 15.4. The molecule has 2 aromatic rings. The predicted octanol–water partition coefficient (Wildman–Crippen LogP) is 4.71. The Hall–Kier alpha value is -1.04. The van der Waals surface area contributed by atoms with Gasteiger partial charge < -0.3 is 5.32 Å². The fraction of sp³-hybridized carbons (Fsp3) is 0.200. The number of carbonyl (C=O) groups excluding carboxylic acids is 1. The van der Waals surface area contributed by atoms with Gasteiger partial charge in [-0.3, -0.25) is 4.79 Å². The van der Waals surface area contributed by atoms with Gasteiger partial charge in [-0.15, -0.1) is 11.8 Å². The molecule has 0 saturated heterocycles. The van der Waals surface area contributed by atoms with Crippen molar-refractivity contribution in [2.45, 2.75) is 17.9 Å². The molecular weight excluding hydrogens is 372 g/mol. The summed E-state index contributed by atoms with van der Waals surface area (Å²) in [6.45, 7) is 1.94. The molecule has 21 heavy (non-hydrogen) atoms. The normalized spacial score (nSPS) is 12.0. The summed E-state index contributed by atoms with van der Waals surface area (Å²) in [6.07, 6.45) is 3.59. The van der Waals surface area contributed by atoms with Crippen molar-refractivity contribution in [2.75, 3.05) is 6.26 Å². The van der Waals surface area contributed by atoms with E-state index in [2.05, 4.69) is 26.2 Å². The molecule has 110 valence electrons. The van der Waals surface area contributed by atoms with Crippen molar-refractivity contribution in [3.8, 4) is 0 Å². The quantitative estimate of drug-likeness (QED) is 0.612. The lowest BCUT2D eigenvalue weighted by Crippen LogP contribution is -2.27. The third kappa shape index (κ3) is 4.22. The minimum absolute atomic E-state index is 0.108. The highest BCUT2D eigenvalue weighted by Crippen LogP contribution is 2.21. The number of rotatable bonds is 4. The molecule has 2 rings (SSSR count). The standard InChI is InChI=1S/C15H14BrClN2OS/c1-9(10-3-5-12(21-2)6-4-10)19-15(20)13-7-11(16)8-18-14(13)17/h3-9H,1-2H3,(H,19,20). The highest BCUT2D eigenvalue weighted by molar-refractivity contribution is 9.10. The molecule has 1 heterocycles. The average molecular weight is 386 g/mol. The van der Waals surface area contributed by atoms with E-state index in [1.807, 2.05) is 37.4 Å². The van der Waals surface area contributed by atoms with Crippen molar-refractivity contribution in [3.63, 3.8) is 0 Å². The van der Waals surface area contributed by atoms with E-state index in [-0.39, 0.29) is 17.1 Å². The summed E-state index contributed by atoms with van der Waals surface area (Å²) in [5.41, 5.74) is 1.40. The Balaban J connectivity index is 2.12. The van der Waals surface area contributed by atoms with Crippen molar-refractivity contribution >= 4 is 45.2 Å². The molecule has 0 saturated carbocycles. The number of aromatic nitrogens is 1. The molecule has 1 aromatic heterocycles. The minimum Gasteiger partial charge on any atom is -0.345 e. The lowest BCUT2D eigenvalue weighted by Gasteiger charge is -2.15. The Kier molecular flexibility index (Phi) is 5.67. The zero-order valence-electron chi connectivity index (χ0n) is 11.6. The Bertz CT molecular complexity index is 649. The molecule has 0 bridgehead atoms. The molecule has 1 unspecified atom stereocenters. The molecular formula is C15H14BrClN2OS. The molecule has 0 aliphatic carbocycles. The summed E-state index contributed by atoms with van der Waals surface area (Å²) in [5, 5.41) is 3.12. The SMILES string of the molecule is CSc1ccc(C(C)NC(=O)c2cc(Br)cnc2Cl)cc1. The molecule has 0 fully saturated rings. The molecule has 0 radical (unpaired) electrons. The smallest absolute Gasteiger partial charge is 0.254 e. The topological polar surface area (TPSA) is 42.0 Å². The second kappa shape index (κ2) is 7.29. The summed E-state index contributed by atoms with van der Waals surface area (Å²) in [6, 6.07) is 9.65. The minimum atomic E-state index is -0.241. The van der Waals surface area contributed by atoms with Crippen molar-refractivity contribution in [2.24, 2.45) is 0 Å². The summed E-state index contributed by atoms with van der Waals surface area (Å²) in [4.78, 5) is 17.4. The van der Waals surface area contributed by atoms with E-state index in [0.717, 1.165) is 5.56 Å². The number of nitrogens with zero attached hydrogens (tertiary/aromatic N) is 1. The van der Waals surface area contributed by atoms with Crippen LogP contribution in [0.25, 0.3) is 0 Å². The van der Waals surface area contributed by atoms with Gasteiger partial charge >= 0.3 is 0 Å². The van der Waals surface area contributed by atoms with Crippen LogP contribution in [0.4, 0.5) is 0 Å². The third-order valence-electron chi connectivity index (χ3n) is 3.01. The Morgan fingerprint density at radius 2 is 2.05 bits per heavy atom. The van der Waals surface area contributed by atoms with Crippen LogP contribution in [0.1, 0.15) is 28.9 Å². The van der Waals surface area contributed by atoms with Gasteiger partial charge in [0.25, 0.3) is 5.91 Å². The molecule has 1 N–H and O–H groups in total. The number of pyridine rings is 1. The van der Waals surface area contributed by atoms with Crippen LogP contribution in [-0.2, 0) is 0 Å². The fourth-order valence-corrected chi connectivity index (χ4v) is 2.76. The fourth-order valence-electron chi connectivity index (χ4n) is 1.83. The summed E-state index contributed by atoms with van der Waals surface area (Å²) < 4.78 is 0.717. The van der Waals surface area contributed by atoms with Gasteiger partial charge in [-0.1, -0.05) is 23.7 Å². The predicted molar refractivity (Wildman–Crippen MR) is 91.1 cm³/mol. The lowest BCUT2D eigenvalue weighted by atomic mass is 10.1. The maximum absolute atomic E-state index is 12.3. The van der Waals surface area contributed by atoms with Gasteiger partial charge in [-0.05, 0) is 52.9 Å². The zero-order valence-corrected chi connectivity index (χ0v) is 14.7. The maximum Gasteiger partial charge on any atom is 0.254 e. The molecule has 0 spiro atoms. The van der Waals surface area contributed by atoms with Crippen molar-refractivity contribution < 1.29 is 4.79 Å². The van der Waals surface area contributed by atoms with Crippen LogP contribution in [-0.4, -0.2) is 17.1 Å². The van der Waals surface area contributed by atoms with Crippen molar-refractivity contribution in [1.82, 2.24) is 10.3 Å². The Morgan fingerprint density at radius 1 is 1.38 bits per heavy atom. The first-order valence-electron chi connectivity index (χ1n) is 6.27. The number of carbonyl (C=O) groups is 1. The molecule has 0 aliphatic rings. The van der Waals surface area contributed by atoms with Crippen molar-refractivity contribution in [3.05, 3.63) is 57.3 Å². The molecule has 0 aliphatic heterocycles. The summed E-state index contributed by atoms with van der Waals surface area (Å²) in [7, 11) is 0. The molecule has 1 amide bonds. The summed E-state index contributed by atoms with van der Waals surface area (Å²) in [5.74, 6) is -0.241. The monoisotopic (exact) mass is 384 g/mol. The number of hydrogen-bond acceptors (Lipinski definition) is 3. The number of halogens is 2. The number of benzene rings is 1. The van der Waals surface area contributed by atoms with E-state index in [4.69, 9.17) is 11.6 Å². The van der Waals surface area contributed by atoms with E-state index in [9.17, 15) is 4.79 Å². The van der Waals surface area contributed by atoms with Gasteiger partial charge in [0.1, 0.15) is 5.15 Å². The second-order valence-corrected chi connectivity index (χ2v) is 6.61. The van der Waals surface area contributed by atoms with Crippen LogP contribution < -0.4 is 5.32 Å². The maximum atomic E-state index is 12.3.